The Bertz CT molecular complexity index is 1780. The van der Waals surface area contributed by atoms with Crippen molar-refractivity contribution in [3.63, 3.8) is 0 Å². The molecule has 11 nitrogen and oxygen atoms in total. The van der Waals surface area contributed by atoms with Crippen LogP contribution < -0.4 is 9.80 Å². The van der Waals surface area contributed by atoms with E-state index in [0.717, 1.165) is 78.2 Å². The minimum absolute atomic E-state index is 0.0972. The lowest BCUT2D eigenvalue weighted by atomic mass is 10.1. The minimum atomic E-state index is -3.34. The molecular formula is C31H41N9O2S3. The van der Waals surface area contributed by atoms with Gasteiger partial charge in [0.25, 0.3) is 0 Å². The number of hydrogen-bond acceptors (Lipinski definition) is 11. The number of aryl methyl sites for hydroxylation is 2. The highest BCUT2D eigenvalue weighted by Crippen LogP contribution is 2.38. The van der Waals surface area contributed by atoms with Crippen LogP contribution in [-0.4, -0.2) is 95.8 Å². The Balaban J connectivity index is 1.21. The second-order valence-electron chi connectivity index (χ2n) is 12.0. The lowest BCUT2D eigenvalue weighted by Gasteiger charge is -2.36. The standard InChI is InChI=1S/C31H41N9O2S3/c1-5-25-28(36(3)29-34-27(26(20-32)43-29)23-13-11-22(2)12-14-23)40-30(33-25)44-31(35-40)39-18-8-10-24(21-39)37(4)45(41,42)19-9-17-38-15-6-7-16-38/h11-14,24H,5-10,15-19,21H2,1-4H3. The smallest absolute Gasteiger partial charge is 0.216 e. The van der Waals surface area contributed by atoms with Crippen molar-refractivity contribution in [3.05, 3.63) is 40.4 Å². The summed E-state index contributed by atoms with van der Waals surface area (Å²) >= 11 is 2.88. The lowest BCUT2D eigenvalue weighted by Crippen LogP contribution is -2.49. The SMILES string of the molecule is CCc1nc2sc(N3CCCC(N(C)S(=O)(=O)CCCN4CCCC4)C3)nn2c1N(C)c1nc(-c2ccc(C)cc2)c(C#N)s1. The summed E-state index contributed by atoms with van der Waals surface area (Å²) in [5, 5.41) is 16.4. The third-order valence-electron chi connectivity index (χ3n) is 8.92. The Kier molecular flexibility index (Phi) is 9.44. The van der Waals surface area contributed by atoms with E-state index in [0.29, 0.717) is 28.7 Å². The van der Waals surface area contributed by atoms with Crippen LogP contribution in [0, 0.1) is 18.3 Å². The monoisotopic (exact) mass is 667 g/mol. The number of likely N-dealkylation sites (tertiary alicyclic amines) is 1. The number of thiazole rings is 1. The van der Waals surface area contributed by atoms with E-state index in [1.807, 2.05) is 47.7 Å². The second-order valence-corrected chi connectivity index (χ2v) is 16.1. The molecule has 4 aromatic rings. The lowest BCUT2D eigenvalue weighted by molar-refractivity contribution is 0.315. The second kappa shape index (κ2) is 13.3. The number of anilines is 3. The van der Waals surface area contributed by atoms with Crippen LogP contribution in [0.5, 0.6) is 0 Å². The van der Waals surface area contributed by atoms with E-state index in [-0.39, 0.29) is 11.8 Å². The summed E-state index contributed by atoms with van der Waals surface area (Å²) in [6.45, 7) is 8.55. The highest BCUT2D eigenvalue weighted by molar-refractivity contribution is 7.89. The zero-order chi connectivity index (χ0) is 31.7. The third-order valence-corrected chi connectivity index (χ3v) is 12.9. The molecule has 1 unspecified atom stereocenters. The zero-order valence-corrected chi connectivity index (χ0v) is 28.9. The van der Waals surface area contributed by atoms with Crippen molar-refractivity contribution in [2.45, 2.75) is 58.4 Å². The molecule has 0 spiro atoms. The van der Waals surface area contributed by atoms with Gasteiger partial charge < -0.3 is 14.7 Å². The van der Waals surface area contributed by atoms with Gasteiger partial charge in [0.2, 0.25) is 20.1 Å². The van der Waals surface area contributed by atoms with E-state index in [4.69, 9.17) is 15.1 Å². The van der Waals surface area contributed by atoms with Crippen LogP contribution in [0.2, 0.25) is 0 Å². The van der Waals surface area contributed by atoms with Gasteiger partial charge in [0.1, 0.15) is 16.6 Å². The summed E-state index contributed by atoms with van der Waals surface area (Å²) in [5.74, 6) is 1.02. The van der Waals surface area contributed by atoms with Gasteiger partial charge in [0.05, 0.1) is 11.4 Å². The maximum atomic E-state index is 13.3. The summed E-state index contributed by atoms with van der Waals surface area (Å²) in [4.78, 5) is 17.7. The molecule has 2 fully saturated rings. The molecule has 0 saturated carbocycles. The van der Waals surface area contributed by atoms with Gasteiger partial charge in [-0.15, -0.1) is 5.10 Å². The average Bonchev–Trinajstić information content (AvgIpc) is 3.84. The first-order valence-electron chi connectivity index (χ1n) is 15.7. The van der Waals surface area contributed by atoms with E-state index in [1.165, 1.54) is 35.5 Å². The number of nitrogens with zero attached hydrogens (tertiary/aromatic N) is 9. The van der Waals surface area contributed by atoms with E-state index in [9.17, 15) is 13.7 Å². The molecule has 2 aliphatic heterocycles. The molecule has 0 radical (unpaired) electrons. The predicted molar refractivity (Wildman–Crippen MR) is 182 cm³/mol. The van der Waals surface area contributed by atoms with Crippen molar-refractivity contribution in [1.82, 2.24) is 28.8 Å². The fourth-order valence-corrected chi connectivity index (χ4v) is 9.48. The first kappa shape index (κ1) is 31.9. The van der Waals surface area contributed by atoms with Crippen LogP contribution >= 0.6 is 22.7 Å². The minimum Gasteiger partial charge on any atom is -0.345 e. The molecule has 3 aromatic heterocycles. The van der Waals surface area contributed by atoms with Gasteiger partial charge in [-0.25, -0.2) is 22.7 Å². The molecule has 2 saturated heterocycles. The third kappa shape index (κ3) is 6.59. The highest BCUT2D eigenvalue weighted by atomic mass is 32.2. The van der Waals surface area contributed by atoms with Gasteiger partial charge >= 0.3 is 0 Å². The number of sulfonamides is 1. The number of imidazole rings is 1. The molecule has 1 aromatic carbocycles. The maximum absolute atomic E-state index is 13.3. The molecular weight excluding hydrogens is 627 g/mol. The van der Waals surface area contributed by atoms with Crippen LogP contribution in [-0.2, 0) is 16.4 Å². The Labute approximate surface area is 273 Å². The summed E-state index contributed by atoms with van der Waals surface area (Å²) in [7, 11) is 0.340. The molecule has 45 heavy (non-hydrogen) atoms. The zero-order valence-electron chi connectivity index (χ0n) is 26.4. The average molecular weight is 668 g/mol. The van der Waals surface area contributed by atoms with Gasteiger partial charge in [0.15, 0.2) is 10.9 Å². The van der Waals surface area contributed by atoms with E-state index in [1.54, 1.807) is 11.4 Å². The molecule has 5 heterocycles. The number of fused-ring (bicyclic) bond motifs is 1. The van der Waals surface area contributed by atoms with E-state index < -0.39 is 10.0 Å². The van der Waals surface area contributed by atoms with Crippen molar-refractivity contribution in [1.29, 1.82) is 5.26 Å². The molecule has 2 aliphatic rings. The number of aromatic nitrogens is 4. The van der Waals surface area contributed by atoms with Gasteiger partial charge in [-0.05, 0) is 65.1 Å². The Morgan fingerprint density at radius 1 is 1.07 bits per heavy atom. The van der Waals surface area contributed by atoms with Crippen LogP contribution in [0.4, 0.5) is 16.1 Å². The summed E-state index contributed by atoms with van der Waals surface area (Å²) in [5.41, 5.74) is 3.65. The van der Waals surface area contributed by atoms with Crippen LogP contribution in [0.25, 0.3) is 16.2 Å². The number of nitriles is 1. The van der Waals surface area contributed by atoms with Crippen LogP contribution in [0.3, 0.4) is 0 Å². The Morgan fingerprint density at radius 2 is 1.82 bits per heavy atom. The largest absolute Gasteiger partial charge is 0.345 e. The highest BCUT2D eigenvalue weighted by Gasteiger charge is 2.32. The van der Waals surface area contributed by atoms with Gasteiger partial charge in [0, 0.05) is 38.8 Å². The predicted octanol–water partition coefficient (Wildman–Crippen LogP) is 5.14. The summed E-state index contributed by atoms with van der Waals surface area (Å²) in [6, 6.07) is 10.3. The topological polar surface area (TPSA) is 114 Å². The van der Waals surface area contributed by atoms with Gasteiger partial charge in [-0.1, -0.05) is 59.4 Å². The number of likely N-dealkylation sites (N-methyl/N-ethyl adjacent to an activating group) is 1. The summed E-state index contributed by atoms with van der Waals surface area (Å²) in [6.07, 6.45) is 5.55. The van der Waals surface area contributed by atoms with Gasteiger partial charge in [-0.2, -0.15) is 9.78 Å². The molecule has 0 bridgehead atoms. The van der Waals surface area contributed by atoms with Crippen LogP contribution in [0.15, 0.2) is 24.3 Å². The summed E-state index contributed by atoms with van der Waals surface area (Å²) < 4.78 is 30.0. The van der Waals surface area contributed by atoms with E-state index >= 15 is 0 Å². The van der Waals surface area contributed by atoms with Crippen molar-refractivity contribution in [3.8, 4) is 17.3 Å². The van der Waals surface area contributed by atoms with Crippen LogP contribution in [0.1, 0.15) is 55.2 Å². The number of rotatable bonds is 11. The first-order valence-corrected chi connectivity index (χ1v) is 19.0. The maximum Gasteiger partial charge on any atom is 0.216 e. The molecule has 14 heteroatoms. The van der Waals surface area contributed by atoms with Crippen molar-refractivity contribution in [2.75, 3.05) is 62.4 Å². The molecule has 6 rings (SSSR count). The molecule has 0 amide bonds. The number of piperidine rings is 1. The Morgan fingerprint density at radius 3 is 2.53 bits per heavy atom. The first-order chi connectivity index (χ1) is 21.7. The van der Waals surface area contributed by atoms with Crippen molar-refractivity contribution >= 4 is 53.7 Å². The normalized spacial score (nSPS) is 17.9. The van der Waals surface area contributed by atoms with Crippen molar-refractivity contribution < 1.29 is 8.42 Å². The van der Waals surface area contributed by atoms with E-state index in [2.05, 4.69) is 22.8 Å². The fourth-order valence-electron chi connectivity index (χ4n) is 6.27. The molecule has 0 N–H and O–H groups in total. The quantitative estimate of drug-likeness (QED) is 0.215. The number of benzene rings is 1. The molecule has 240 valence electrons. The fraction of sp³-hybridized carbons (Fsp3) is 0.548. The van der Waals surface area contributed by atoms with Gasteiger partial charge in [-0.3, -0.25) is 0 Å². The van der Waals surface area contributed by atoms with Crippen molar-refractivity contribution in [2.24, 2.45) is 0 Å². The number of hydrogen-bond donors (Lipinski definition) is 0. The molecule has 0 aliphatic carbocycles. The molecule has 1 atom stereocenters. The Hall–Kier alpha value is -3.09.